The monoisotopic (exact) mass is 694 g/mol. The van der Waals surface area contributed by atoms with E-state index >= 15 is 0 Å². The van der Waals surface area contributed by atoms with Gasteiger partial charge in [-0.1, -0.05) is 67.9 Å². The molecule has 0 aliphatic carbocycles. The molecule has 248 valence electrons. The summed E-state index contributed by atoms with van der Waals surface area (Å²) in [4.78, 5) is 15.9. The van der Waals surface area contributed by atoms with Crippen molar-refractivity contribution in [2.45, 2.75) is 49.6 Å². The van der Waals surface area contributed by atoms with Gasteiger partial charge in [0.15, 0.2) is 0 Å². The minimum atomic E-state index is -3.88. The molecule has 9 nitrogen and oxygen atoms in total. The quantitative estimate of drug-likeness (QED) is 0.169. The zero-order chi connectivity index (χ0) is 33.6. The second-order valence-corrected chi connectivity index (χ2v) is 15.6. The summed E-state index contributed by atoms with van der Waals surface area (Å²) in [5.74, 6) is -0.399. The van der Waals surface area contributed by atoms with Gasteiger partial charge in [0.1, 0.15) is 0 Å². The maximum Gasteiger partial charge on any atom is 0.255 e. The third-order valence-electron chi connectivity index (χ3n) is 8.23. The van der Waals surface area contributed by atoms with E-state index in [1.807, 2.05) is 30.3 Å². The highest BCUT2D eigenvalue weighted by atomic mass is 35.5. The number of hydrogen-bond donors (Lipinski definition) is 1. The van der Waals surface area contributed by atoms with Crippen molar-refractivity contribution in [3.05, 3.63) is 119 Å². The zero-order valence-corrected chi connectivity index (χ0v) is 28.9. The molecule has 4 aromatic rings. The number of amides is 1. The second-order valence-electron chi connectivity index (χ2n) is 11.3. The smallest absolute Gasteiger partial charge is 0.255 e. The van der Waals surface area contributed by atoms with E-state index in [1.54, 1.807) is 62.4 Å². The maximum absolute atomic E-state index is 13.7. The standard InChI is InChI=1S/C35H39ClN4O5S2/c1-3-39(4-2)47(44,45)32-20-21-34(38-22-8-9-23-38)33(24-32)37-35(41)29-14-12-28(13-15-29)26-40(25-27-10-6-5-7-11-27)46(42,43)31-18-16-30(36)17-19-31/h5-7,10-21,24H,3-4,8-9,22-23,25-26H2,1-2H3,(H,37,41). The molecule has 0 unspecified atom stereocenters. The molecule has 0 bridgehead atoms. The number of carbonyl (C=O) groups excluding carboxylic acids is 1. The lowest BCUT2D eigenvalue weighted by atomic mass is 10.1. The average Bonchev–Trinajstić information content (AvgIpc) is 3.61. The SMILES string of the molecule is CCN(CC)S(=O)(=O)c1ccc(N2CCCC2)c(NC(=O)c2ccc(CN(Cc3ccccc3)S(=O)(=O)c3ccc(Cl)cc3)cc2)c1. The predicted octanol–water partition coefficient (Wildman–Crippen LogP) is 6.61. The van der Waals surface area contributed by atoms with E-state index in [1.165, 1.54) is 26.8 Å². The fourth-order valence-electron chi connectivity index (χ4n) is 5.65. The van der Waals surface area contributed by atoms with Crippen LogP contribution in [0.2, 0.25) is 5.02 Å². The van der Waals surface area contributed by atoms with Crippen molar-refractivity contribution in [2.24, 2.45) is 0 Å². The van der Waals surface area contributed by atoms with E-state index in [9.17, 15) is 21.6 Å². The van der Waals surface area contributed by atoms with Crippen molar-refractivity contribution in [3.8, 4) is 0 Å². The van der Waals surface area contributed by atoms with Gasteiger partial charge in [0.25, 0.3) is 5.91 Å². The normalized spacial score (nSPS) is 13.8. The molecular weight excluding hydrogens is 656 g/mol. The Kier molecular flexibility index (Phi) is 11.0. The molecule has 0 atom stereocenters. The van der Waals surface area contributed by atoms with Gasteiger partial charge in [0.2, 0.25) is 20.0 Å². The van der Waals surface area contributed by atoms with Crippen molar-refractivity contribution < 1.29 is 21.6 Å². The Hall–Kier alpha value is -3.74. The largest absolute Gasteiger partial charge is 0.370 e. The number of nitrogens with one attached hydrogen (secondary N) is 1. The molecule has 1 amide bonds. The van der Waals surface area contributed by atoms with E-state index in [2.05, 4.69) is 10.2 Å². The highest BCUT2D eigenvalue weighted by Gasteiger charge is 2.27. The van der Waals surface area contributed by atoms with Crippen LogP contribution >= 0.6 is 11.6 Å². The lowest BCUT2D eigenvalue weighted by molar-refractivity contribution is 0.102. The second kappa shape index (κ2) is 15.0. The van der Waals surface area contributed by atoms with Gasteiger partial charge in [0.05, 0.1) is 21.2 Å². The molecule has 0 radical (unpaired) electrons. The van der Waals surface area contributed by atoms with E-state index in [0.29, 0.717) is 34.9 Å². The minimum absolute atomic E-state index is 0.0755. The van der Waals surface area contributed by atoms with Gasteiger partial charge in [-0.3, -0.25) is 4.79 Å². The van der Waals surface area contributed by atoms with Crippen molar-refractivity contribution in [3.63, 3.8) is 0 Å². The molecule has 5 rings (SSSR count). The summed E-state index contributed by atoms with van der Waals surface area (Å²) in [6.07, 6.45) is 2.03. The molecule has 4 aromatic carbocycles. The Balaban J connectivity index is 1.39. The molecule has 0 saturated carbocycles. The van der Waals surface area contributed by atoms with Gasteiger partial charge in [-0.25, -0.2) is 16.8 Å². The molecule has 1 saturated heterocycles. The Morgan fingerprint density at radius 3 is 1.87 bits per heavy atom. The van der Waals surface area contributed by atoms with E-state index in [-0.39, 0.29) is 22.9 Å². The molecule has 12 heteroatoms. The first-order chi connectivity index (χ1) is 22.5. The van der Waals surface area contributed by atoms with Crippen molar-refractivity contribution in [2.75, 3.05) is 36.4 Å². The Morgan fingerprint density at radius 2 is 1.28 bits per heavy atom. The van der Waals surface area contributed by atoms with Crippen LogP contribution in [0.4, 0.5) is 11.4 Å². The summed E-state index contributed by atoms with van der Waals surface area (Å²) < 4.78 is 56.8. The summed E-state index contributed by atoms with van der Waals surface area (Å²) in [5.41, 5.74) is 3.08. The van der Waals surface area contributed by atoms with Crippen molar-refractivity contribution >= 4 is 48.9 Å². The fraction of sp³-hybridized carbons (Fsp3) is 0.286. The minimum Gasteiger partial charge on any atom is -0.370 e. The number of halogens is 1. The fourth-order valence-corrected chi connectivity index (χ4v) is 8.68. The summed E-state index contributed by atoms with van der Waals surface area (Å²) in [7, 11) is -7.62. The van der Waals surface area contributed by atoms with E-state index in [4.69, 9.17) is 11.6 Å². The zero-order valence-electron chi connectivity index (χ0n) is 26.5. The molecule has 0 spiro atoms. The van der Waals surface area contributed by atoms with Crippen LogP contribution in [0.3, 0.4) is 0 Å². The molecule has 0 aromatic heterocycles. The third-order valence-corrected chi connectivity index (χ3v) is 12.3. The van der Waals surface area contributed by atoms with Crippen LogP contribution < -0.4 is 10.2 Å². The van der Waals surface area contributed by atoms with Crippen molar-refractivity contribution in [1.29, 1.82) is 0 Å². The molecule has 1 aliphatic rings. The van der Waals surface area contributed by atoms with Crippen LogP contribution in [-0.4, -0.2) is 57.5 Å². The van der Waals surface area contributed by atoms with E-state index < -0.39 is 26.0 Å². The first kappa shape index (κ1) is 34.6. The number of hydrogen-bond acceptors (Lipinski definition) is 6. The van der Waals surface area contributed by atoms with Crippen LogP contribution in [-0.2, 0) is 33.1 Å². The van der Waals surface area contributed by atoms with Gasteiger partial charge in [-0.2, -0.15) is 8.61 Å². The number of anilines is 2. The molecule has 1 aliphatic heterocycles. The summed E-state index contributed by atoms with van der Waals surface area (Å²) in [5, 5.41) is 3.40. The third kappa shape index (κ3) is 8.05. The molecular formula is C35H39ClN4O5S2. The molecule has 1 fully saturated rings. The topological polar surface area (TPSA) is 107 Å². The number of nitrogens with zero attached hydrogens (tertiary/aromatic N) is 3. The average molecular weight is 695 g/mol. The van der Waals surface area contributed by atoms with Crippen LogP contribution in [0.25, 0.3) is 0 Å². The Bertz CT molecular complexity index is 1890. The number of benzene rings is 4. The van der Waals surface area contributed by atoms with Crippen molar-refractivity contribution in [1.82, 2.24) is 8.61 Å². The highest BCUT2D eigenvalue weighted by molar-refractivity contribution is 7.89. The lowest BCUT2D eigenvalue weighted by Gasteiger charge is -2.24. The number of rotatable bonds is 13. The van der Waals surface area contributed by atoms with Gasteiger partial charge < -0.3 is 10.2 Å². The maximum atomic E-state index is 13.7. The van der Waals surface area contributed by atoms with Gasteiger partial charge >= 0.3 is 0 Å². The number of sulfonamides is 2. The Morgan fingerprint density at radius 1 is 0.723 bits per heavy atom. The number of carbonyl (C=O) groups is 1. The summed E-state index contributed by atoms with van der Waals surface area (Å²) in [6, 6.07) is 27.1. The lowest BCUT2D eigenvalue weighted by Crippen LogP contribution is -2.31. The Labute approximate surface area is 282 Å². The first-order valence-electron chi connectivity index (χ1n) is 15.6. The summed E-state index contributed by atoms with van der Waals surface area (Å²) >= 11 is 6.01. The first-order valence-corrected chi connectivity index (χ1v) is 18.9. The highest BCUT2D eigenvalue weighted by Crippen LogP contribution is 2.33. The van der Waals surface area contributed by atoms with Gasteiger partial charge in [-0.15, -0.1) is 0 Å². The molecule has 47 heavy (non-hydrogen) atoms. The molecule has 1 N–H and O–H groups in total. The van der Waals surface area contributed by atoms with Crippen LogP contribution in [0, 0.1) is 0 Å². The van der Waals surface area contributed by atoms with E-state index in [0.717, 1.165) is 37.2 Å². The van der Waals surface area contributed by atoms with Crippen LogP contribution in [0.15, 0.2) is 107 Å². The van der Waals surface area contributed by atoms with Gasteiger partial charge in [0, 0.05) is 49.9 Å². The van der Waals surface area contributed by atoms with Crippen LogP contribution in [0.1, 0.15) is 48.2 Å². The van der Waals surface area contributed by atoms with Crippen LogP contribution in [0.5, 0.6) is 0 Å². The molecule has 1 heterocycles. The predicted molar refractivity (Wildman–Crippen MR) is 187 cm³/mol. The van der Waals surface area contributed by atoms with Gasteiger partial charge in [-0.05, 0) is 78.6 Å². The summed E-state index contributed by atoms with van der Waals surface area (Å²) in [6.45, 7) is 6.12.